The molecular formula is C29H12Br2N6S4. The number of benzene rings is 2. The largest absolute Gasteiger partial charge is 0.511 e. The highest BCUT2D eigenvalue weighted by molar-refractivity contribution is 9.11. The van der Waals surface area contributed by atoms with Gasteiger partial charge in [-0.2, -0.15) is 15.8 Å². The van der Waals surface area contributed by atoms with Gasteiger partial charge in [0.25, 0.3) is 6.54 Å². The third-order valence-electron chi connectivity index (χ3n) is 5.48. The highest BCUT2D eigenvalue weighted by atomic mass is 79.9. The van der Waals surface area contributed by atoms with Gasteiger partial charge in [-0.3, -0.25) is 0 Å². The maximum absolute atomic E-state index is 8.99. The van der Waals surface area contributed by atoms with E-state index in [0.29, 0.717) is 0 Å². The fraction of sp³-hybridized carbons (Fsp3) is 0.103. The molecule has 0 saturated carbocycles. The Bertz CT molecular complexity index is 1890. The Labute approximate surface area is 268 Å². The molecule has 0 unspecified atom stereocenters. The van der Waals surface area contributed by atoms with Crippen LogP contribution in [0.25, 0.3) is 54.9 Å². The van der Waals surface area contributed by atoms with E-state index in [1.807, 2.05) is 36.4 Å². The predicted molar refractivity (Wildman–Crippen MR) is 177 cm³/mol. The van der Waals surface area contributed by atoms with Crippen molar-refractivity contribution in [2.24, 2.45) is 0 Å². The predicted octanol–water partition coefficient (Wildman–Crippen LogP) is 11.2. The van der Waals surface area contributed by atoms with Gasteiger partial charge in [0.1, 0.15) is 6.07 Å². The first-order valence-electron chi connectivity index (χ1n) is 11.3. The summed E-state index contributed by atoms with van der Waals surface area (Å²) in [5.74, 6) is -0.736. The van der Waals surface area contributed by atoms with Crippen LogP contribution in [-0.2, 0) is 0 Å². The fourth-order valence-corrected chi connectivity index (χ4v) is 9.07. The van der Waals surface area contributed by atoms with Crippen molar-refractivity contribution < 1.29 is 0 Å². The average Bonchev–Trinajstić information content (AvgIpc) is 3.71. The van der Waals surface area contributed by atoms with E-state index in [0.717, 1.165) is 29.9 Å². The highest BCUT2D eigenvalue weighted by Crippen LogP contribution is 2.39. The van der Waals surface area contributed by atoms with E-state index in [2.05, 4.69) is 70.7 Å². The van der Waals surface area contributed by atoms with Crippen LogP contribution in [0.2, 0.25) is 0 Å². The Morgan fingerprint density at radius 2 is 1.05 bits per heavy atom. The van der Waals surface area contributed by atoms with Crippen LogP contribution in [0.4, 0.5) is 0 Å². The van der Waals surface area contributed by atoms with Crippen molar-refractivity contribution in [3.63, 3.8) is 0 Å². The molecule has 0 aliphatic carbocycles. The molecule has 4 aromatic heterocycles. The van der Waals surface area contributed by atoms with Crippen LogP contribution in [0.15, 0.2) is 56.1 Å². The molecule has 0 atom stereocenters. The monoisotopic (exact) mass is 730 g/mol. The van der Waals surface area contributed by atoms with E-state index in [1.54, 1.807) is 28.7 Å². The number of hydrogen-bond acceptors (Lipinski definition) is 7. The molecule has 12 heteroatoms. The Kier molecular flexibility index (Phi) is 10.1. The van der Waals surface area contributed by atoms with Crippen LogP contribution >= 0.6 is 77.2 Å². The summed E-state index contributed by atoms with van der Waals surface area (Å²) in [4.78, 5) is 10.9. The van der Waals surface area contributed by atoms with Crippen LogP contribution in [0.3, 0.4) is 0 Å². The third kappa shape index (κ3) is 6.92. The average molecular weight is 733 g/mol. The van der Waals surface area contributed by atoms with Crippen molar-refractivity contribution in [3.05, 3.63) is 100 Å². The minimum Gasteiger partial charge on any atom is -0.301 e. The molecule has 4 heterocycles. The summed E-state index contributed by atoms with van der Waals surface area (Å²) in [7, 11) is 0. The van der Waals surface area contributed by atoms with Crippen molar-refractivity contribution in [1.29, 1.82) is 15.8 Å². The molecule has 0 spiro atoms. The summed E-state index contributed by atoms with van der Waals surface area (Å²) in [6, 6.07) is 22.2. The molecule has 6 rings (SSSR count). The summed E-state index contributed by atoms with van der Waals surface area (Å²) in [6.45, 7) is 20.1. The molecule has 6 nitrogen and oxygen atoms in total. The lowest BCUT2D eigenvalue weighted by molar-refractivity contribution is 1.11. The van der Waals surface area contributed by atoms with E-state index in [1.165, 1.54) is 50.4 Å². The van der Waals surface area contributed by atoms with Crippen LogP contribution in [0, 0.1) is 53.7 Å². The van der Waals surface area contributed by atoms with Crippen LogP contribution in [-0.4, -0.2) is 6.54 Å². The molecule has 0 aliphatic rings. The van der Waals surface area contributed by atoms with Gasteiger partial charge in [0.2, 0.25) is 0 Å². The number of nitrogens with zero attached hydrogens (tertiary/aromatic N) is 6. The van der Waals surface area contributed by atoms with Crippen LogP contribution < -0.4 is 0 Å². The van der Waals surface area contributed by atoms with Gasteiger partial charge in [-0.25, -0.2) is 29.4 Å². The number of hydrogen-bond donors (Lipinski definition) is 0. The van der Waals surface area contributed by atoms with Crippen LogP contribution in [0.1, 0.15) is 21.8 Å². The molecule has 0 bridgehead atoms. The molecule has 0 aliphatic heterocycles. The molecule has 6 aromatic rings. The van der Waals surface area contributed by atoms with Gasteiger partial charge in [0, 0.05) is 23.7 Å². The molecule has 2 aromatic carbocycles. The molecule has 41 heavy (non-hydrogen) atoms. The zero-order valence-electron chi connectivity index (χ0n) is 20.6. The second-order valence-corrected chi connectivity index (χ2v) is 15.2. The highest BCUT2D eigenvalue weighted by Gasteiger charge is 2.23. The van der Waals surface area contributed by atoms with E-state index in [9.17, 15) is 0 Å². The van der Waals surface area contributed by atoms with Gasteiger partial charge in [0.05, 0.1) is 19.7 Å². The number of rotatable bonds is 2. The molecule has 0 saturated heterocycles. The lowest BCUT2D eigenvalue weighted by Gasteiger charge is -1.90. The molecule has 0 radical (unpaired) electrons. The van der Waals surface area contributed by atoms with E-state index in [-0.39, 0.29) is 6.54 Å². The normalized spacial score (nSPS) is 10.1. The topological polar surface area (TPSA) is 84.4 Å². The summed E-state index contributed by atoms with van der Waals surface area (Å²) in [5.41, 5.74) is 0. The number of fused-ring (bicyclic) bond motifs is 4. The lowest BCUT2D eigenvalue weighted by atomic mass is 10.1. The Morgan fingerprint density at radius 1 is 0.634 bits per heavy atom. The van der Waals surface area contributed by atoms with Gasteiger partial charge in [-0.1, -0.05) is 0 Å². The summed E-state index contributed by atoms with van der Waals surface area (Å²) in [5, 5.41) is 30.2. The van der Waals surface area contributed by atoms with Gasteiger partial charge < -0.3 is 4.85 Å². The van der Waals surface area contributed by atoms with Crippen molar-refractivity contribution in [2.75, 3.05) is 6.54 Å². The first kappa shape index (κ1) is 30.1. The van der Waals surface area contributed by atoms with Crippen molar-refractivity contribution in [2.45, 2.75) is 12.1 Å². The SMILES string of the molecule is Brc1cc2cc3sc(Br)cc3cc2s1.[C-]#[N+]C([N+]#[C-])c1cc2cc3sc(C(C#N)C#N)cc3cc2s1.[C-]#[N+]CC#N. The summed E-state index contributed by atoms with van der Waals surface area (Å²) < 4.78 is 7.09. The first-order chi connectivity index (χ1) is 19.8. The smallest absolute Gasteiger partial charge is 0.301 e. The fourth-order valence-electron chi connectivity index (χ4n) is 3.74. The maximum atomic E-state index is 8.99. The number of nitriles is 3. The molecule has 196 valence electrons. The molecule has 0 amide bonds. The van der Waals surface area contributed by atoms with Gasteiger partial charge >= 0.3 is 6.17 Å². The minimum atomic E-state index is -0.771. The van der Waals surface area contributed by atoms with E-state index >= 15 is 0 Å². The summed E-state index contributed by atoms with van der Waals surface area (Å²) >= 11 is 13.5. The molecule has 0 N–H and O–H groups in total. The lowest BCUT2D eigenvalue weighted by Crippen LogP contribution is -1.85. The van der Waals surface area contributed by atoms with Gasteiger partial charge in [0.15, 0.2) is 10.8 Å². The maximum Gasteiger partial charge on any atom is 0.511 e. The number of thiophene rings is 4. The Morgan fingerprint density at radius 3 is 1.44 bits per heavy atom. The van der Waals surface area contributed by atoms with Crippen molar-refractivity contribution in [1.82, 2.24) is 0 Å². The quantitative estimate of drug-likeness (QED) is 0.131. The van der Waals surface area contributed by atoms with Gasteiger partial charge in [-0.15, -0.1) is 45.3 Å². The second-order valence-electron chi connectivity index (χ2n) is 8.05. The van der Waals surface area contributed by atoms with Crippen LogP contribution in [0.5, 0.6) is 0 Å². The first-order valence-corrected chi connectivity index (χ1v) is 16.2. The molecule has 0 fully saturated rings. The zero-order valence-corrected chi connectivity index (χ0v) is 27.0. The minimum absolute atomic E-state index is 0.0139. The van der Waals surface area contributed by atoms with Crippen molar-refractivity contribution >= 4 is 118 Å². The second kappa shape index (κ2) is 13.7. The Hall–Kier alpha value is -3.82. The third-order valence-corrected chi connectivity index (χ3v) is 11.0. The van der Waals surface area contributed by atoms with E-state index in [4.69, 9.17) is 35.5 Å². The number of halogens is 2. The Balaban J connectivity index is 0.000000173. The van der Waals surface area contributed by atoms with Crippen molar-refractivity contribution in [3.8, 4) is 18.2 Å². The zero-order chi connectivity index (χ0) is 29.5. The standard InChI is InChI=1S/C16H6N4S2.C10H4Br2S2.C3H2N2/c1-19-16(20-2)15-6-10-4-12-9(3-13(10)22-15)5-14(21-12)11(7-17)8-18;11-9-3-5-1-7-6(2-8(5)14-9)4-10(12)13-7;1-5-3-2-4/h3-6,11,16H;1-4H;3H2. The summed E-state index contributed by atoms with van der Waals surface area (Å²) in [6.07, 6.45) is -0.771. The molecular weight excluding hydrogens is 720 g/mol. The van der Waals surface area contributed by atoms with Gasteiger partial charge in [-0.05, 0) is 102 Å². The van der Waals surface area contributed by atoms with E-state index < -0.39 is 12.1 Å².